The van der Waals surface area contributed by atoms with E-state index < -0.39 is 0 Å². The predicted octanol–water partition coefficient (Wildman–Crippen LogP) is 11.4. The molecular weight excluding hydrogens is 675 g/mol. The van der Waals surface area contributed by atoms with E-state index in [4.69, 9.17) is 24.4 Å². The molecule has 0 spiro atoms. The van der Waals surface area contributed by atoms with Crippen molar-refractivity contribution in [1.82, 2.24) is 15.0 Å². The van der Waals surface area contributed by atoms with Crippen molar-refractivity contribution in [3.8, 4) is 17.1 Å². The Balaban J connectivity index is 0.977. The third-order valence-corrected chi connectivity index (χ3v) is 13.6. The first kappa shape index (κ1) is 34.6. The van der Waals surface area contributed by atoms with Crippen LogP contribution in [0.4, 0.5) is 0 Å². The molecule has 9 unspecified atom stereocenters. The first-order valence-corrected chi connectivity index (χ1v) is 20.8. The number of allylic oxidation sites excluding steroid dienone is 8. The highest BCUT2D eigenvalue weighted by Crippen LogP contribution is 2.59. The van der Waals surface area contributed by atoms with Gasteiger partial charge < -0.3 is 9.47 Å². The van der Waals surface area contributed by atoms with E-state index in [1.54, 1.807) is 0 Å². The standard InChI is InChI=1S/C50H51N3O2/c1-3-4-6-15-32-16-9-10-21-36(32)31-45-51-48(33-17-7-5-8-18-33)53-49(52-45)39-23-14-25-43-47(39)41-29-37(26-27-50(41,2)55-43)38-22-13-24-42-46(38)40-28-34-19-11-12-20-35(34)30-44(40)54-42/h5,7-14,16-25,28,30,32,36-37,41-43,46-47H,3-4,6,15,26-27,29,31H2,1-2H3. The van der Waals surface area contributed by atoms with E-state index in [0.29, 0.717) is 23.7 Å². The highest BCUT2D eigenvalue weighted by Gasteiger charge is 2.56. The van der Waals surface area contributed by atoms with Crippen molar-refractivity contribution in [2.75, 3.05) is 0 Å². The molecule has 0 bridgehead atoms. The topological polar surface area (TPSA) is 57.1 Å². The second kappa shape index (κ2) is 14.3. The van der Waals surface area contributed by atoms with Crippen LogP contribution in [0.2, 0.25) is 0 Å². The van der Waals surface area contributed by atoms with Crippen molar-refractivity contribution >= 4 is 16.3 Å². The van der Waals surface area contributed by atoms with Crippen LogP contribution in [0.1, 0.15) is 81.9 Å². The van der Waals surface area contributed by atoms with E-state index in [2.05, 4.69) is 141 Å². The zero-order valence-electron chi connectivity index (χ0n) is 32.1. The van der Waals surface area contributed by atoms with Crippen LogP contribution >= 0.6 is 0 Å². The lowest BCUT2D eigenvalue weighted by molar-refractivity contribution is -0.0557. The number of rotatable bonds is 9. The summed E-state index contributed by atoms with van der Waals surface area (Å²) in [5.74, 6) is 5.52. The van der Waals surface area contributed by atoms with Gasteiger partial charge in [0.2, 0.25) is 0 Å². The van der Waals surface area contributed by atoms with Crippen molar-refractivity contribution in [3.05, 3.63) is 150 Å². The lowest BCUT2D eigenvalue weighted by Gasteiger charge is -2.43. The van der Waals surface area contributed by atoms with Gasteiger partial charge in [-0.25, -0.2) is 15.0 Å². The van der Waals surface area contributed by atoms with Gasteiger partial charge in [-0.3, -0.25) is 0 Å². The Morgan fingerprint density at radius 1 is 0.764 bits per heavy atom. The minimum atomic E-state index is -0.215. The van der Waals surface area contributed by atoms with Crippen molar-refractivity contribution < 1.29 is 9.47 Å². The Labute approximate surface area is 325 Å². The molecule has 1 saturated carbocycles. The number of benzene rings is 3. The second-order valence-corrected chi connectivity index (χ2v) is 16.9. The van der Waals surface area contributed by atoms with Gasteiger partial charge in [0.1, 0.15) is 17.7 Å². The van der Waals surface area contributed by atoms with Gasteiger partial charge in [0.25, 0.3) is 0 Å². The number of hydrogen-bond acceptors (Lipinski definition) is 5. The normalized spacial score (nSPS) is 31.3. The van der Waals surface area contributed by atoms with Gasteiger partial charge in [0.05, 0.1) is 11.7 Å². The molecule has 9 atom stereocenters. The summed E-state index contributed by atoms with van der Waals surface area (Å²) in [4.78, 5) is 15.8. The zero-order valence-corrected chi connectivity index (χ0v) is 32.1. The molecule has 2 aliphatic heterocycles. The summed E-state index contributed by atoms with van der Waals surface area (Å²) in [5, 5.41) is 2.51. The Morgan fingerprint density at radius 3 is 2.38 bits per heavy atom. The van der Waals surface area contributed by atoms with Crippen LogP contribution < -0.4 is 4.74 Å². The number of hydrogen-bond donors (Lipinski definition) is 0. The molecular formula is C50H51N3O2. The highest BCUT2D eigenvalue weighted by atomic mass is 16.5. The molecule has 0 amide bonds. The van der Waals surface area contributed by atoms with Gasteiger partial charge in [0, 0.05) is 35.0 Å². The summed E-state index contributed by atoms with van der Waals surface area (Å²) in [6.07, 6.45) is 31.8. The molecule has 0 radical (unpaired) electrons. The number of ether oxygens (including phenoxy) is 2. The summed E-state index contributed by atoms with van der Waals surface area (Å²) >= 11 is 0. The van der Waals surface area contributed by atoms with Crippen molar-refractivity contribution in [1.29, 1.82) is 0 Å². The number of fused-ring (bicyclic) bond motifs is 7. The molecule has 55 heavy (non-hydrogen) atoms. The van der Waals surface area contributed by atoms with Gasteiger partial charge in [-0.2, -0.15) is 0 Å². The average Bonchev–Trinajstić information content (AvgIpc) is 3.74. The van der Waals surface area contributed by atoms with Gasteiger partial charge >= 0.3 is 0 Å². The van der Waals surface area contributed by atoms with Crippen LogP contribution in [0, 0.1) is 29.6 Å². The fourth-order valence-electron chi connectivity index (χ4n) is 10.8. The third-order valence-electron chi connectivity index (χ3n) is 13.6. The van der Waals surface area contributed by atoms with E-state index in [1.807, 2.05) is 0 Å². The molecule has 5 heteroatoms. The number of unbranched alkanes of at least 4 members (excludes halogenated alkanes) is 2. The summed E-state index contributed by atoms with van der Waals surface area (Å²) in [6.45, 7) is 4.65. The molecule has 10 rings (SSSR count). The lowest BCUT2D eigenvalue weighted by Crippen LogP contribution is -2.41. The quantitative estimate of drug-likeness (QED) is 0.161. The van der Waals surface area contributed by atoms with E-state index in [1.165, 1.54) is 53.2 Å². The van der Waals surface area contributed by atoms with E-state index in [0.717, 1.165) is 54.5 Å². The van der Waals surface area contributed by atoms with Crippen LogP contribution in [0.15, 0.2) is 133 Å². The largest absolute Gasteiger partial charge is 0.485 e. The molecule has 0 N–H and O–H groups in total. The smallest absolute Gasteiger partial charge is 0.163 e. The zero-order chi connectivity index (χ0) is 36.9. The average molecular weight is 726 g/mol. The molecule has 278 valence electrons. The fourth-order valence-corrected chi connectivity index (χ4v) is 10.8. The number of nitrogens with zero attached hydrogens (tertiary/aromatic N) is 3. The predicted molar refractivity (Wildman–Crippen MR) is 221 cm³/mol. The summed E-state index contributed by atoms with van der Waals surface area (Å²) in [5.41, 5.74) is 4.85. The monoisotopic (exact) mass is 725 g/mol. The van der Waals surface area contributed by atoms with Gasteiger partial charge in [-0.15, -0.1) is 0 Å². The highest BCUT2D eigenvalue weighted by molar-refractivity contribution is 5.86. The van der Waals surface area contributed by atoms with Crippen molar-refractivity contribution in [2.24, 2.45) is 29.6 Å². The van der Waals surface area contributed by atoms with Crippen molar-refractivity contribution in [2.45, 2.75) is 88.9 Å². The summed E-state index contributed by atoms with van der Waals surface area (Å²) in [7, 11) is 0. The van der Waals surface area contributed by atoms with Crippen LogP contribution in [-0.4, -0.2) is 32.8 Å². The van der Waals surface area contributed by atoms with Crippen LogP contribution in [-0.2, 0) is 11.2 Å². The molecule has 1 aromatic heterocycles. The van der Waals surface area contributed by atoms with Gasteiger partial charge in [-0.05, 0) is 85.3 Å². The minimum Gasteiger partial charge on any atom is -0.485 e. The van der Waals surface area contributed by atoms with E-state index in [9.17, 15) is 0 Å². The van der Waals surface area contributed by atoms with Crippen LogP contribution in [0.5, 0.6) is 5.75 Å². The molecule has 4 aromatic rings. The third kappa shape index (κ3) is 6.35. The van der Waals surface area contributed by atoms with E-state index >= 15 is 0 Å². The summed E-state index contributed by atoms with van der Waals surface area (Å²) in [6, 6.07) is 23.7. The first-order valence-electron chi connectivity index (χ1n) is 20.8. The Hall–Kier alpha value is -4.87. The molecule has 5 nitrogen and oxygen atoms in total. The fraction of sp³-hybridized carbons (Fsp3) is 0.380. The summed E-state index contributed by atoms with van der Waals surface area (Å²) < 4.78 is 13.7. The Kier molecular flexibility index (Phi) is 9.01. The van der Waals surface area contributed by atoms with E-state index in [-0.39, 0.29) is 29.6 Å². The molecule has 3 aromatic carbocycles. The maximum absolute atomic E-state index is 7.09. The lowest BCUT2D eigenvalue weighted by atomic mass is 9.62. The molecule has 6 aliphatic rings. The Morgan fingerprint density at radius 2 is 1.53 bits per heavy atom. The second-order valence-electron chi connectivity index (χ2n) is 16.9. The molecule has 4 aliphatic carbocycles. The maximum atomic E-state index is 7.09. The Bertz CT molecular complexity index is 2280. The van der Waals surface area contributed by atoms with Crippen LogP contribution in [0.3, 0.4) is 0 Å². The SMILES string of the molecule is CCCCCC1C=CC=CC1Cc1nc(C2=CC=CC3OC4(C)CCC(C5=CC=CC6Oc7cc8ccccc8cc7C56)CC4C23)nc(-c2ccccc2)n1. The minimum absolute atomic E-state index is 0.00149. The van der Waals surface area contributed by atoms with Crippen molar-refractivity contribution in [3.63, 3.8) is 0 Å². The number of aromatic nitrogens is 3. The van der Waals surface area contributed by atoms with Gasteiger partial charge in [-0.1, -0.05) is 141 Å². The molecule has 2 fully saturated rings. The maximum Gasteiger partial charge on any atom is 0.163 e. The first-order chi connectivity index (χ1) is 27.0. The molecule has 1 saturated heterocycles. The molecule has 3 heterocycles. The van der Waals surface area contributed by atoms with Crippen LogP contribution in [0.25, 0.3) is 27.7 Å². The van der Waals surface area contributed by atoms with Gasteiger partial charge in [0.15, 0.2) is 11.6 Å².